The third-order valence-corrected chi connectivity index (χ3v) is 2.93. The molecule has 2 rings (SSSR count). The van der Waals surface area contributed by atoms with Gasteiger partial charge in [0.05, 0.1) is 0 Å². The minimum absolute atomic E-state index is 0.405. The maximum atomic E-state index is 5.77. The van der Waals surface area contributed by atoms with Crippen molar-refractivity contribution in [2.75, 3.05) is 13.1 Å². The monoisotopic (exact) mass is 191 g/mol. The van der Waals surface area contributed by atoms with Crippen molar-refractivity contribution in [3.63, 3.8) is 0 Å². The second-order valence-corrected chi connectivity index (χ2v) is 3.86. The molecular formula is C11H17N3. The molecule has 0 amide bonds. The minimum Gasteiger partial charge on any atom is -0.330 e. The Bertz CT molecular complexity index is 273. The predicted molar refractivity (Wildman–Crippen MR) is 56.8 cm³/mol. The lowest BCUT2D eigenvalue weighted by Crippen LogP contribution is -2.37. The number of aromatic nitrogens is 1. The molecule has 0 aromatic carbocycles. The van der Waals surface area contributed by atoms with Gasteiger partial charge in [-0.1, -0.05) is 6.07 Å². The van der Waals surface area contributed by atoms with E-state index in [4.69, 9.17) is 5.73 Å². The van der Waals surface area contributed by atoms with Crippen LogP contribution in [0, 0.1) is 5.92 Å². The van der Waals surface area contributed by atoms with Crippen molar-refractivity contribution in [3.8, 4) is 0 Å². The van der Waals surface area contributed by atoms with Gasteiger partial charge in [-0.3, -0.25) is 4.98 Å². The van der Waals surface area contributed by atoms with E-state index < -0.39 is 0 Å². The van der Waals surface area contributed by atoms with Crippen LogP contribution in [0.25, 0.3) is 0 Å². The van der Waals surface area contributed by atoms with E-state index in [2.05, 4.69) is 16.4 Å². The third-order valence-electron chi connectivity index (χ3n) is 2.93. The molecule has 76 valence electrons. The van der Waals surface area contributed by atoms with Gasteiger partial charge in [-0.2, -0.15) is 0 Å². The Kier molecular flexibility index (Phi) is 3.11. The van der Waals surface area contributed by atoms with Crippen LogP contribution in [0.5, 0.6) is 0 Å². The summed E-state index contributed by atoms with van der Waals surface area (Å²) < 4.78 is 0. The molecule has 0 unspecified atom stereocenters. The van der Waals surface area contributed by atoms with E-state index in [1.165, 1.54) is 18.4 Å². The minimum atomic E-state index is 0.405. The highest BCUT2D eigenvalue weighted by Crippen LogP contribution is 2.27. The highest BCUT2D eigenvalue weighted by atomic mass is 14.9. The average Bonchev–Trinajstić information content (AvgIpc) is 2.30. The summed E-state index contributed by atoms with van der Waals surface area (Å²) in [7, 11) is 0. The van der Waals surface area contributed by atoms with Gasteiger partial charge in [0.1, 0.15) is 0 Å². The zero-order valence-corrected chi connectivity index (χ0v) is 8.32. The van der Waals surface area contributed by atoms with Gasteiger partial charge in [0.15, 0.2) is 0 Å². The SMILES string of the molecule is NC[C@@H]1CCCN[C@H]1c1cccnc1. The molecular weight excluding hydrogens is 174 g/mol. The van der Waals surface area contributed by atoms with Crippen LogP contribution in [0.4, 0.5) is 0 Å². The summed E-state index contributed by atoms with van der Waals surface area (Å²) in [5, 5.41) is 3.52. The molecule has 1 fully saturated rings. The molecule has 0 radical (unpaired) electrons. The summed E-state index contributed by atoms with van der Waals surface area (Å²) in [6, 6.07) is 4.51. The standard InChI is InChI=1S/C11H17N3/c12-7-9-3-2-6-14-11(9)10-4-1-5-13-8-10/h1,4-5,8-9,11,14H,2-3,6-7,12H2/t9-,11+/m0/s1. The lowest BCUT2D eigenvalue weighted by atomic mass is 9.87. The number of rotatable bonds is 2. The van der Waals surface area contributed by atoms with Crippen LogP contribution in [0.3, 0.4) is 0 Å². The molecule has 3 heteroatoms. The van der Waals surface area contributed by atoms with Crippen LogP contribution in [-0.4, -0.2) is 18.1 Å². The van der Waals surface area contributed by atoms with Crippen LogP contribution in [-0.2, 0) is 0 Å². The summed E-state index contributed by atoms with van der Waals surface area (Å²) >= 11 is 0. The first kappa shape index (κ1) is 9.62. The second-order valence-electron chi connectivity index (χ2n) is 3.86. The molecule has 2 heterocycles. The Balaban J connectivity index is 2.15. The van der Waals surface area contributed by atoms with Crippen molar-refractivity contribution < 1.29 is 0 Å². The molecule has 1 aromatic heterocycles. The number of nitrogens with two attached hydrogens (primary N) is 1. The maximum absolute atomic E-state index is 5.77. The average molecular weight is 191 g/mol. The largest absolute Gasteiger partial charge is 0.330 e. The normalized spacial score (nSPS) is 27.5. The molecule has 0 bridgehead atoms. The number of hydrogen-bond acceptors (Lipinski definition) is 3. The number of hydrogen-bond donors (Lipinski definition) is 2. The Hall–Kier alpha value is -0.930. The molecule has 0 aliphatic carbocycles. The number of pyridine rings is 1. The van der Waals surface area contributed by atoms with Crippen molar-refractivity contribution >= 4 is 0 Å². The lowest BCUT2D eigenvalue weighted by molar-refractivity contribution is 0.290. The summed E-state index contributed by atoms with van der Waals surface area (Å²) in [6.45, 7) is 1.85. The van der Waals surface area contributed by atoms with Gasteiger partial charge in [0.25, 0.3) is 0 Å². The van der Waals surface area contributed by atoms with Crippen molar-refractivity contribution in [1.29, 1.82) is 0 Å². The first-order valence-corrected chi connectivity index (χ1v) is 5.25. The predicted octanol–water partition coefficient (Wildman–Crippen LogP) is 1.08. The van der Waals surface area contributed by atoms with E-state index in [9.17, 15) is 0 Å². The van der Waals surface area contributed by atoms with Crippen LogP contribution < -0.4 is 11.1 Å². The Morgan fingerprint density at radius 1 is 1.57 bits per heavy atom. The first-order valence-electron chi connectivity index (χ1n) is 5.25. The number of nitrogens with one attached hydrogen (secondary N) is 1. The summed E-state index contributed by atoms with van der Waals surface area (Å²) in [4.78, 5) is 4.15. The summed E-state index contributed by atoms with van der Waals surface area (Å²) in [5.41, 5.74) is 7.04. The maximum Gasteiger partial charge on any atom is 0.0376 e. The molecule has 14 heavy (non-hydrogen) atoms. The Labute approximate surface area is 84.7 Å². The molecule has 0 saturated carbocycles. The fraction of sp³-hybridized carbons (Fsp3) is 0.545. The molecule has 2 atom stereocenters. The lowest BCUT2D eigenvalue weighted by Gasteiger charge is -2.31. The molecule has 1 aliphatic heterocycles. The van der Waals surface area contributed by atoms with Gasteiger partial charge in [-0.05, 0) is 43.5 Å². The van der Waals surface area contributed by atoms with Crippen molar-refractivity contribution in [2.24, 2.45) is 11.7 Å². The van der Waals surface area contributed by atoms with Crippen molar-refractivity contribution in [1.82, 2.24) is 10.3 Å². The van der Waals surface area contributed by atoms with E-state index in [0.29, 0.717) is 12.0 Å². The molecule has 0 spiro atoms. The van der Waals surface area contributed by atoms with Crippen molar-refractivity contribution in [2.45, 2.75) is 18.9 Å². The van der Waals surface area contributed by atoms with Crippen molar-refractivity contribution in [3.05, 3.63) is 30.1 Å². The molecule has 1 aliphatic rings. The van der Waals surface area contributed by atoms with Gasteiger partial charge in [0, 0.05) is 18.4 Å². The fourth-order valence-corrected chi connectivity index (χ4v) is 2.16. The van der Waals surface area contributed by atoms with E-state index in [-0.39, 0.29) is 0 Å². The number of piperidine rings is 1. The Morgan fingerprint density at radius 3 is 3.21 bits per heavy atom. The van der Waals surface area contributed by atoms with Gasteiger partial charge < -0.3 is 11.1 Å². The van der Waals surface area contributed by atoms with Crippen LogP contribution in [0.2, 0.25) is 0 Å². The summed E-state index contributed by atoms with van der Waals surface area (Å²) in [5.74, 6) is 0.563. The third kappa shape index (κ3) is 1.94. The molecule has 3 N–H and O–H groups in total. The second kappa shape index (κ2) is 4.53. The van der Waals surface area contributed by atoms with Gasteiger partial charge in [-0.25, -0.2) is 0 Å². The topological polar surface area (TPSA) is 50.9 Å². The van der Waals surface area contributed by atoms with E-state index in [1.54, 1.807) is 0 Å². The van der Waals surface area contributed by atoms with Gasteiger partial charge in [-0.15, -0.1) is 0 Å². The van der Waals surface area contributed by atoms with Gasteiger partial charge in [0.2, 0.25) is 0 Å². The highest BCUT2D eigenvalue weighted by Gasteiger charge is 2.24. The van der Waals surface area contributed by atoms with E-state index in [1.807, 2.05) is 18.5 Å². The van der Waals surface area contributed by atoms with Gasteiger partial charge >= 0.3 is 0 Å². The molecule has 1 saturated heterocycles. The summed E-state index contributed by atoms with van der Waals surface area (Å²) in [6.07, 6.45) is 6.21. The first-order chi connectivity index (χ1) is 6.92. The fourth-order valence-electron chi connectivity index (χ4n) is 2.16. The number of nitrogens with zero attached hydrogens (tertiary/aromatic N) is 1. The van der Waals surface area contributed by atoms with Crippen LogP contribution >= 0.6 is 0 Å². The quantitative estimate of drug-likeness (QED) is 0.735. The molecule has 3 nitrogen and oxygen atoms in total. The zero-order chi connectivity index (χ0) is 9.80. The van der Waals surface area contributed by atoms with Crippen LogP contribution in [0.15, 0.2) is 24.5 Å². The highest BCUT2D eigenvalue weighted by molar-refractivity contribution is 5.15. The molecule has 1 aromatic rings. The smallest absolute Gasteiger partial charge is 0.0376 e. The van der Waals surface area contributed by atoms with E-state index >= 15 is 0 Å². The van der Waals surface area contributed by atoms with Crippen LogP contribution in [0.1, 0.15) is 24.4 Å². The Morgan fingerprint density at radius 2 is 2.50 bits per heavy atom. The van der Waals surface area contributed by atoms with E-state index in [0.717, 1.165) is 13.1 Å². The zero-order valence-electron chi connectivity index (χ0n) is 8.32.